The maximum atomic E-state index is 12.3. The molecular formula is C19H21BrClNO4. The lowest BCUT2D eigenvalue weighted by Crippen LogP contribution is -2.32. The number of carbonyl (C=O) groups is 1. The molecule has 1 amide bonds. The first-order valence-corrected chi connectivity index (χ1v) is 9.24. The van der Waals surface area contributed by atoms with E-state index < -0.39 is 0 Å². The number of rotatable bonds is 8. The summed E-state index contributed by atoms with van der Waals surface area (Å²) in [4.78, 5) is 12.3. The van der Waals surface area contributed by atoms with Crippen LogP contribution in [0.3, 0.4) is 0 Å². The number of benzene rings is 2. The Morgan fingerprint density at radius 3 is 2.42 bits per heavy atom. The first kappa shape index (κ1) is 20.4. The first-order valence-electron chi connectivity index (χ1n) is 8.07. The number of halogens is 2. The van der Waals surface area contributed by atoms with Crippen LogP contribution in [0.25, 0.3) is 0 Å². The SMILES string of the molecule is CC[C@@H](NC(=O)COc1ccc(Cl)cc1Br)c1ccc(OC)c(OC)c1. The average molecular weight is 443 g/mol. The third-order valence-corrected chi connectivity index (χ3v) is 4.66. The van der Waals surface area contributed by atoms with E-state index in [1.165, 1.54) is 0 Å². The molecule has 2 aromatic rings. The van der Waals surface area contributed by atoms with Crippen molar-refractivity contribution >= 4 is 33.4 Å². The molecule has 0 bridgehead atoms. The average Bonchev–Trinajstić information content (AvgIpc) is 2.64. The van der Waals surface area contributed by atoms with Gasteiger partial charge >= 0.3 is 0 Å². The van der Waals surface area contributed by atoms with E-state index in [-0.39, 0.29) is 18.6 Å². The Balaban J connectivity index is 2.01. The third-order valence-electron chi connectivity index (χ3n) is 3.81. The molecule has 1 atom stereocenters. The lowest BCUT2D eigenvalue weighted by Gasteiger charge is -2.19. The van der Waals surface area contributed by atoms with Gasteiger partial charge in [0.2, 0.25) is 0 Å². The van der Waals surface area contributed by atoms with Crippen LogP contribution in [0.1, 0.15) is 24.9 Å². The van der Waals surface area contributed by atoms with Crippen molar-refractivity contribution in [2.75, 3.05) is 20.8 Å². The van der Waals surface area contributed by atoms with Gasteiger partial charge in [0.25, 0.3) is 5.91 Å². The zero-order valence-corrected chi connectivity index (χ0v) is 17.2. The molecule has 0 saturated carbocycles. The van der Waals surface area contributed by atoms with E-state index in [0.29, 0.717) is 26.7 Å². The van der Waals surface area contributed by atoms with Crippen LogP contribution >= 0.6 is 27.5 Å². The number of hydrogen-bond donors (Lipinski definition) is 1. The Hall–Kier alpha value is -1.92. The minimum Gasteiger partial charge on any atom is -0.493 e. The number of hydrogen-bond acceptors (Lipinski definition) is 4. The van der Waals surface area contributed by atoms with Crippen molar-refractivity contribution in [1.29, 1.82) is 0 Å². The number of ether oxygens (including phenoxy) is 3. The fourth-order valence-corrected chi connectivity index (χ4v) is 3.26. The van der Waals surface area contributed by atoms with Crippen LogP contribution < -0.4 is 19.5 Å². The van der Waals surface area contributed by atoms with Gasteiger partial charge in [-0.05, 0) is 58.2 Å². The van der Waals surface area contributed by atoms with Crippen molar-refractivity contribution in [2.45, 2.75) is 19.4 Å². The third kappa shape index (κ3) is 5.29. The highest BCUT2D eigenvalue weighted by molar-refractivity contribution is 9.10. The highest BCUT2D eigenvalue weighted by Crippen LogP contribution is 2.31. The molecule has 0 radical (unpaired) electrons. The van der Waals surface area contributed by atoms with Crippen LogP contribution in [0.2, 0.25) is 5.02 Å². The predicted molar refractivity (Wildman–Crippen MR) is 105 cm³/mol. The molecule has 0 aromatic heterocycles. The topological polar surface area (TPSA) is 56.8 Å². The Morgan fingerprint density at radius 2 is 1.81 bits per heavy atom. The van der Waals surface area contributed by atoms with Gasteiger partial charge in [0.1, 0.15) is 5.75 Å². The maximum absolute atomic E-state index is 12.3. The van der Waals surface area contributed by atoms with Crippen LogP contribution in [-0.4, -0.2) is 26.7 Å². The molecule has 0 aliphatic heterocycles. The monoisotopic (exact) mass is 441 g/mol. The number of amides is 1. The standard InChI is InChI=1S/C19H21BrClNO4/c1-4-15(12-5-7-17(24-2)18(9-12)25-3)22-19(23)11-26-16-8-6-13(21)10-14(16)20/h5-10,15H,4,11H2,1-3H3,(H,22,23)/t15-/m1/s1. The fraction of sp³-hybridized carbons (Fsp3) is 0.316. The maximum Gasteiger partial charge on any atom is 0.258 e. The molecule has 2 rings (SSSR count). The largest absolute Gasteiger partial charge is 0.493 e. The molecule has 26 heavy (non-hydrogen) atoms. The van der Waals surface area contributed by atoms with Gasteiger partial charge in [-0.25, -0.2) is 0 Å². The summed E-state index contributed by atoms with van der Waals surface area (Å²) in [5.41, 5.74) is 0.936. The predicted octanol–water partition coefficient (Wildman–Crippen LogP) is 4.77. The van der Waals surface area contributed by atoms with Crippen LogP contribution in [0.15, 0.2) is 40.9 Å². The van der Waals surface area contributed by atoms with Gasteiger partial charge in [-0.1, -0.05) is 24.6 Å². The molecule has 1 N–H and O–H groups in total. The van der Waals surface area contributed by atoms with E-state index in [9.17, 15) is 4.79 Å². The molecule has 0 heterocycles. The summed E-state index contributed by atoms with van der Waals surface area (Å²) in [5, 5.41) is 3.56. The van der Waals surface area contributed by atoms with E-state index in [4.69, 9.17) is 25.8 Å². The quantitative estimate of drug-likeness (QED) is 0.640. The van der Waals surface area contributed by atoms with E-state index in [1.807, 2.05) is 25.1 Å². The molecule has 0 unspecified atom stereocenters. The van der Waals surface area contributed by atoms with Gasteiger partial charge < -0.3 is 19.5 Å². The lowest BCUT2D eigenvalue weighted by molar-refractivity contribution is -0.123. The normalized spacial score (nSPS) is 11.6. The zero-order valence-electron chi connectivity index (χ0n) is 14.8. The molecule has 2 aromatic carbocycles. The number of nitrogens with one attached hydrogen (secondary N) is 1. The zero-order chi connectivity index (χ0) is 19.1. The van der Waals surface area contributed by atoms with Gasteiger partial charge in [-0.15, -0.1) is 0 Å². The molecule has 5 nitrogen and oxygen atoms in total. The summed E-state index contributed by atoms with van der Waals surface area (Å²) in [5.74, 6) is 1.62. The van der Waals surface area contributed by atoms with Crippen molar-refractivity contribution in [3.63, 3.8) is 0 Å². The fourth-order valence-electron chi connectivity index (χ4n) is 2.46. The summed E-state index contributed by atoms with van der Waals surface area (Å²) >= 11 is 9.26. The second kappa shape index (κ2) is 9.69. The first-order chi connectivity index (χ1) is 12.5. The van der Waals surface area contributed by atoms with E-state index in [2.05, 4.69) is 21.2 Å². The van der Waals surface area contributed by atoms with E-state index in [1.54, 1.807) is 32.4 Å². The van der Waals surface area contributed by atoms with Gasteiger partial charge in [-0.2, -0.15) is 0 Å². The van der Waals surface area contributed by atoms with Gasteiger partial charge in [-0.3, -0.25) is 4.79 Å². The molecular weight excluding hydrogens is 422 g/mol. The van der Waals surface area contributed by atoms with E-state index in [0.717, 1.165) is 12.0 Å². The van der Waals surface area contributed by atoms with Crippen LogP contribution in [0.5, 0.6) is 17.2 Å². The Morgan fingerprint density at radius 1 is 1.12 bits per heavy atom. The van der Waals surface area contributed by atoms with Crippen LogP contribution in [-0.2, 0) is 4.79 Å². The molecule has 0 fully saturated rings. The second-order valence-corrected chi connectivity index (χ2v) is 6.80. The van der Waals surface area contributed by atoms with Crippen LogP contribution in [0.4, 0.5) is 0 Å². The highest BCUT2D eigenvalue weighted by Gasteiger charge is 2.16. The second-order valence-electron chi connectivity index (χ2n) is 5.51. The number of carbonyl (C=O) groups excluding carboxylic acids is 1. The summed E-state index contributed by atoms with van der Waals surface area (Å²) in [6.07, 6.45) is 0.728. The molecule has 140 valence electrons. The Kier molecular flexibility index (Phi) is 7.60. The number of methoxy groups -OCH3 is 2. The highest BCUT2D eigenvalue weighted by atomic mass is 79.9. The van der Waals surface area contributed by atoms with Gasteiger partial charge in [0.15, 0.2) is 18.1 Å². The van der Waals surface area contributed by atoms with Crippen molar-refractivity contribution in [3.05, 3.63) is 51.5 Å². The molecule has 0 aliphatic carbocycles. The van der Waals surface area contributed by atoms with Crippen molar-refractivity contribution in [3.8, 4) is 17.2 Å². The minimum absolute atomic E-state index is 0.0932. The van der Waals surface area contributed by atoms with Crippen LogP contribution in [0, 0.1) is 0 Å². The smallest absolute Gasteiger partial charge is 0.258 e. The summed E-state index contributed by atoms with van der Waals surface area (Å²) in [6, 6.07) is 10.6. The Labute approximate surface area is 166 Å². The molecule has 0 aliphatic rings. The summed E-state index contributed by atoms with van der Waals surface area (Å²) in [6.45, 7) is 1.91. The Bertz CT molecular complexity index is 769. The van der Waals surface area contributed by atoms with Gasteiger partial charge in [0, 0.05) is 5.02 Å². The summed E-state index contributed by atoms with van der Waals surface area (Å²) in [7, 11) is 3.17. The van der Waals surface area contributed by atoms with Crippen molar-refractivity contribution < 1.29 is 19.0 Å². The molecule has 0 spiro atoms. The van der Waals surface area contributed by atoms with Crippen molar-refractivity contribution in [1.82, 2.24) is 5.32 Å². The summed E-state index contributed by atoms with van der Waals surface area (Å²) < 4.78 is 16.8. The molecule has 7 heteroatoms. The van der Waals surface area contributed by atoms with Crippen molar-refractivity contribution in [2.24, 2.45) is 0 Å². The molecule has 0 saturated heterocycles. The minimum atomic E-state index is -0.214. The lowest BCUT2D eigenvalue weighted by atomic mass is 10.0. The van der Waals surface area contributed by atoms with Gasteiger partial charge in [0.05, 0.1) is 24.7 Å². The van der Waals surface area contributed by atoms with E-state index >= 15 is 0 Å².